The Labute approximate surface area is 160 Å². The molecule has 0 aromatic heterocycles. The molecule has 2 amide bonds. The van der Waals surface area contributed by atoms with Crippen molar-refractivity contribution in [3.8, 4) is 5.75 Å². The van der Waals surface area contributed by atoms with Crippen LogP contribution in [-0.2, 0) is 22.6 Å². The lowest BCUT2D eigenvalue weighted by Gasteiger charge is -2.16. The van der Waals surface area contributed by atoms with Gasteiger partial charge in [-0.05, 0) is 48.9 Å². The zero-order chi connectivity index (χ0) is 19.3. The molecule has 27 heavy (non-hydrogen) atoms. The maximum Gasteiger partial charge on any atom is 0.235 e. The minimum Gasteiger partial charge on any atom is -0.496 e. The van der Waals surface area contributed by atoms with Gasteiger partial charge in [0.15, 0.2) is 0 Å². The Morgan fingerprint density at radius 2 is 1.59 bits per heavy atom. The van der Waals surface area contributed by atoms with Crippen LogP contribution in [0.2, 0.25) is 0 Å². The lowest BCUT2D eigenvalue weighted by Crippen LogP contribution is -2.43. The maximum absolute atomic E-state index is 12.6. The molecule has 2 aromatic rings. The van der Waals surface area contributed by atoms with Gasteiger partial charge in [-0.1, -0.05) is 42.5 Å². The van der Waals surface area contributed by atoms with E-state index in [9.17, 15) is 9.59 Å². The zero-order valence-corrected chi connectivity index (χ0v) is 15.9. The van der Waals surface area contributed by atoms with Crippen LogP contribution in [0.1, 0.15) is 29.5 Å². The highest BCUT2D eigenvalue weighted by molar-refractivity contribution is 6.07. The van der Waals surface area contributed by atoms with Crippen molar-refractivity contribution in [3.05, 3.63) is 65.2 Å². The molecule has 2 aromatic carbocycles. The second kappa shape index (κ2) is 8.25. The molecule has 142 valence electrons. The Balaban J connectivity index is 1.51. The summed E-state index contributed by atoms with van der Waals surface area (Å²) in [7, 11) is 1.63. The first-order chi connectivity index (χ1) is 13.1. The molecular weight excluding hydrogens is 340 g/mol. The number of para-hydroxylation sites is 1. The van der Waals surface area contributed by atoms with Crippen molar-refractivity contribution in [1.82, 2.24) is 10.6 Å². The largest absolute Gasteiger partial charge is 0.496 e. The van der Waals surface area contributed by atoms with Crippen LogP contribution in [0.3, 0.4) is 0 Å². The Kier molecular flexibility index (Phi) is 5.79. The van der Waals surface area contributed by atoms with Gasteiger partial charge >= 0.3 is 0 Å². The monoisotopic (exact) mass is 366 g/mol. The molecule has 0 heterocycles. The summed E-state index contributed by atoms with van der Waals surface area (Å²) in [6.07, 6.45) is 1.87. The van der Waals surface area contributed by atoms with Gasteiger partial charge in [0.1, 0.15) is 11.2 Å². The molecule has 0 unspecified atom stereocenters. The third-order valence-corrected chi connectivity index (χ3v) is 5.19. The minimum atomic E-state index is -0.899. The number of carbonyl (C=O) groups is 2. The standard InChI is InChI=1S/C22H26N2O3/c1-16-7-3-4-9-18(16)15-24-21(26)22(12-13-22)20(25)23-14-11-17-8-5-6-10-19(17)27-2/h3-10H,11-15H2,1-2H3,(H,23,25)(H,24,26). The molecule has 0 aliphatic heterocycles. The van der Waals surface area contributed by atoms with E-state index in [1.54, 1.807) is 7.11 Å². The molecule has 1 aliphatic rings. The summed E-state index contributed by atoms with van der Waals surface area (Å²) < 4.78 is 5.33. The van der Waals surface area contributed by atoms with E-state index in [0.717, 1.165) is 22.4 Å². The van der Waals surface area contributed by atoms with Crippen LogP contribution in [0.5, 0.6) is 5.75 Å². The summed E-state index contributed by atoms with van der Waals surface area (Å²) in [4.78, 5) is 25.2. The maximum atomic E-state index is 12.6. The number of ether oxygens (including phenoxy) is 1. The van der Waals surface area contributed by atoms with Crippen molar-refractivity contribution in [2.75, 3.05) is 13.7 Å². The summed E-state index contributed by atoms with van der Waals surface area (Å²) in [5, 5.41) is 5.85. The predicted molar refractivity (Wildman–Crippen MR) is 104 cm³/mol. The van der Waals surface area contributed by atoms with Gasteiger partial charge in [-0.2, -0.15) is 0 Å². The average molecular weight is 366 g/mol. The Morgan fingerprint density at radius 1 is 0.963 bits per heavy atom. The van der Waals surface area contributed by atoms with Gasteiger partial charge in [-0.25, -0.2) is 0 Å². The fourth-order valence-electron chi connectivity index (χ4n) is 3.22. The van der Waals surface area contributed by atoms with E-state index in [-0.39, 0.29) is 11.8 Å². The Morgan fingerprint density at radius 3 is 2.26 bits per heavy atom. The number of benzene rings is 2. The van der Waals surface area contributed by atoms with Crippen molar-refractivity contribution in [3.63, 3.8) is 0 Å². The molecular formula is C22H26N2O3. The second-order valence-electron chi connectivity index (χ2n) is 7.01. The van der Waals surface area contributed by atoms with E-state index in [4.69, 9.17) is 4.74 Å². The third kappa shape index (κ3) is 4.30. The lowest BCUT2D eigenvalue weighted by molar-refractivity contribution is -0.137. The molecule has 0 atom stereocenters. The molecule has 0 radical (unpaired) electrons. The molecule has 5 heteroatoms. The number of aryl methyl sites for hydroxylation is 1. The van der Waals surface area contributed by atoms with Gasteiger partial charge in [-0.3, -0.25) is 9.59 Å². The second-order valence-corrected chi connectivity index (χ2v) is 7.01. The van der Waals surface area contributed by atoms with Crippen LogP contribution in [-0.4, -0.2) is 25.5 Å². The van der Waals surface area contributed by atoms with Gasteiger partial charge in [0.2, 0.25) is 11.8 Å². The molecule has 5 nitrogen and oxygen atoms in total. The number of amides is 2. The highest BCUT2D eigenvalue weighted by atomic mass is 16.5. The van der Waals surface area contributed by atoms with Gasteiger partial charge in [0.05, 0.1) is 7.11 Å². The summed E-state index contributed by atoms with van der Waals surface area (Å²) in [6, 6.07) is 15.7. The van der Waals surface area contributed by atoms with E-state index >= 15 is 0 Å². The molecule has 1 aliphatic carbocycles. The Bertz CT molecular complexity index is 828. The van der Waals surface area contributed by atoms with Crippen molar-refractivity contribution < 1.29 is 14.3 Å². The van der Waals surface area contributed by atoms with Crippen LogP contribution in [0.25, 0.3) is 0 Å². The third-order valence-electron chi connectivity index (χ3n) is 5.19. The van der Waals surface area contributed by atoms with Crippen LogP contribution in [0, 0.1) is 12.3 Å². The van der Waals surface area contributed by atoms with E-state index in [2.05, 4.69) is 10.6 Å². The minimum absolute atomic E-state index is 0.180. The number of methoxy groups -OCH3 is 1. The molecule has 2 N–H and O–H groups in total. The quantitative estimate of drug-likeness (QED) is 0.706. The fourth-order valence-corrected chi connectivity index (χ4v) is 3.22. The van der Waals surface area contributed by atoms with Crippen LogP contribution < -0.4 is 15.4 Å². The Hall–Kier alpha value is -2.82. The van der Waals surface area contributed by atoms with Crippen molar-refractivity contribution >= 4 is 11.8 Å². The molecule has 0 saturated heterocycles. The van der Waals surface area contributed by atoms with E-state index < -0.39 is 5.41 Å². The number of hydrogen-bond acceptors (Lipinski definition) is 3. The van der Waals surface area contributed by atoms with Crippen LogP contribution in [0.15, 0.2) is 48.5 Å². The molecule has 0 bridgehead atoms. The fraction of sp³-hybridized carbons (Fsp3) is 0.364. The normalized spacial score (nSPS) is 14.3. The van der Waals surface area contributed by atoms with Crippen molar-refractivity contribution in [1.29, 1.82) is 0 Å². The average Bonchev–Trinajstić information content (AvgIpc) is 3.49. The van der Waals surface area contributed by atoms with Gasteiger partial charge in [0, 0.05) is 13.1 Å². The SMILES string of the molecule is COc1ccccc1CCNC(=O)C1(C(=O)NCc2ccccc2C)CC1. The first kappa shape index (κ1) is 19.0. The van der Waals surface area contributed by atoms with Gasteiger partial charge < -0.3 is 15.4 Å². The summed E-state index contributed by atoms with van der Waals surface area (Å²) in [5.41, 5.74) is 2.33. The molecule has 1 fully saturated rings. The lowest BCUT2D eigenvalue weighted by atomic mass is 10.0. The summed E-state index contributed by atoms with van der Waals surface area (Å²) >= 11 is 0. The number of hydrogen-bond donors (Lipinski definition) is 2. The van der Waals surface area contributed by atoms with E-state index in [1.165, 1.54) is 0 Å². The molecule has 0 spiro atoms. The molecule has 3 rings (SSSR count). The van der Waals surface area contributed by atoms with E-state index in [1.807, 2.05) is 55.5 Å². The van der Waals surface area contributed by atoms with Crippen molar-refractivity contribution in [2.24, 2.45) is 5.41 Å². The summed E-state index contributed by atoms with van der Waals surface area (Å²) in [5.74, 6) is 0.448. The van der Waals surface area contributed by atoms with Crippen LogP contribution in [0.4, 0.5) is 0 Å². The topological polar surface area (TPSA) is 67.4 Å². The van der Waals surface area contributed by atoms with E-state index in [0.29, 0.717) is 32.4 Å². The number of nitrogens with one attached hydrogen (secondary N) is 2. The first-order valence-corrected chi connectivity index (χ1v) is 9.30. The molecule has 1 saturated carbocycles. The smallest absolute Gasteiger partial charge is 0.235 e. The van der Waals surface area contributed by atoms with Crippen molar-refractivity contribution in [2.45, 2.75) is 32.7 Å². The van der Waals surface area contributed by atoms with Gasteiger partial charge in [0.25, 0.3) is 0 Å². The number of rotatable bonds is 8. The number of carbonyl (C=O) groups excluding carboxylic acids is 2. The first-order valence-electron chi connectivity index (χ1n) is 9.30. The summed E-state index contributed by atoms with van der Waals surface area (Å²) in [6.45, 7) is 2.94. The van der Waals surface area contributed by atoms with Crippen LogP contribution >= 0.6 is 0 Å². The highest BCUT2D eigenvalue weighted by Gasteiger charge is 2.56. The predicted octanol–water partition coefficient (Wildman–Crippen LogP) is 2.76. The highest BCUT2D eigenvalue weighted by Crippen LogP contribution is 2.46. The van der Waals surface area contributed by atoms with Gasteiger partial charge in [-0.15, -0.1) is 0 Å². The zero-order valence-electron chi connectivity index (χ0n) is 15.9.